The lowest BCUT2D eigenvalue weighted by molar-refractivity contribution is 0.0690. The summed E-state index contributed by atoms with van der Waals surface area (Å²) in [6.07, 6.45) is 3.03. The molecule has 0 spiro atoms. The third-order valence-corrected chi connectivity index (χ3v) is 3.91. The summed E-state index contributed by atoms with van der Waals surface area (Å²) in [6, 6.07) is 6.89. The number of nitrogens with one attached hydrogen (secondary N) is 1. The number of aromatic nitrogens is 5. The molecule has 3 rings (SSSR count). The Morgan fingerprint density at radius 3 is 2.52 bits per heavy atom. The second-order valence-corrected chi connectivity index (χ2v) is 7.10. The normalized spacial score (nSPS) is 11.4. The monoisotopic (exact) mass is 368 g/mol. The van der Waals surface area contributed by atoms with Gasteiger partial charge < -0.3 is 10.4 Å². The molecule has 0 aliphatic rings. The molecule has 0 unspecified atom stereocenters. The van der Waals surface area contributed by atoms with Crippen LogP contribution in [-0.2, 0) is 5.54 Å². The van der Waals surface area contributed by atoms with Gasteiger partial charge in [-0.1, -0.05) is 11.3 Å². The molecule has 1 aromatic carbocycles. The molecular formula is C18H20N6O3. The van der Waals surface area contributed by atoms with E-state index in [1.807, 2.05) is 20.8 Å². The summed E-state index contributed by atoms with van der Waals surface area (Å²) < 4.78 is 3.10. The molecule has 0 radical (unpaired) electrons. The van der Waals surface area contributed by atoms with Gasteiger partial charge in [0.05, 0.1) is 28.7 Å². The van der Waals surface area contributed by atoms with Crippen LogP contribution in [0.2, 0.25) is 0 Å². The van der Waals surface area contributed by atoms with Crippen LogP contribution in [0.4, 0.5) is 5.69 Å². The maximum atomic E-state index is 12.6. The number of amides is 1. The highest BCUT2D eigenvalue weighted by molar-refractivity contribution is 6.05. The van der Waals surface area contributed by atoms with E-state index in [0.717, 1.165) is 0 Å². The Hall–Kier alpha value is -3.49. The summed E-state index contributed by atoms with van der Waals surface area (Å²) >= 11 is 0. The number of carbonyl (C=O) groups excluding carboxylic acids is 1. The van der Waals surface area contributed by atoms with E-state index in [9.17, 15) is 9.59 Å². The predicted octanol–water partition coefficient (Wildman–Crippen LogP) is 2.48. The van der Waals surface area contributed by atoms with Crippen LogP contribution in [0.3, 0.4) is 0 Å². The molecule has 0 atom stereocenters. The highest BCUT2D eigenvalue weighted by Crippen LogP contribution is 2.19. The number of nitrogens with zero attached hydrogens (tertiary/aromatic N) is 5. The molecular weight excluding hydrogens is 348 g/mol. The maximum absolute atomic E-state index is 12.6. The van der Waals surface area contributed by atoms with E-state index in [4.69, 9.17) is 5.11 Å². The standard InChI is InChI=1S/C18H20N6O3/c1-11-14(9-24(21-11)18(2,3)4)16(25)19-12-6-5-7-13(8-12)23-10-15(17(26)27)20-22-23/h5-10H,1-4H3,(H,19,25)(H,26,27). The summed E-state index contributed by atoms with van der Waals surface area (Å²) in [5, 5.41) is 23.6. The zero-order chi connectivity index (χ0) is 19.8. The number of hydrogen-bond donors (Lipinski definition) is 2. The van der Waals surface area contributed by atoms with Crippen LogP contribution in [-0.4, -0.2) is 41.8 Å². The van der Waals surface area contributed by atoms with Gasteiger partial charge in [-0.3, -0.25) is 9.48 Å². The van der Waals surface area contributed by atoms with E-state index < -0.39 is 5.97 Å². The second-order valence-electron chi connectivity index (χ2n) is 7.10. The minimum absolute atomic E-state index is 0.158. The van der Waals surface area contributed by atoms with Crippen molar-refractivity contribution in [3.8, 4) is 5.69 Å². The van der Waals surface area contributed by atoms with Crippen molar-refractivity contribution in [2.45, 2.75) is 33.2 Å². The first-order valence-electron chi connectivity index (χ1n) is 8.29. The molecule has 140 valence electrons. The van der Waals surface area contributed by atoms with Gasteiger partial charge in [-0.15, -0.1) is 5.10 Å². The van der Waals surface area contributed by atoms with E-state index in [1.54, 1.807) is 42.1 Å². The minimum Gasteiger partial charge on any atom is -0.476 e. The van der Waals surface area contributed by atoms with Crippen LogP contribution >= 0.6 is 0 Å². The van der Waals surface area contributed by atoms with Crippen molar-refractivity contribution < 1.29 is 14.7 Å². The quantitative estimate of drug-likeness (QED) is 0.731. The lowest BCUT2D eigenvalue weighted by atomic mass is 10.1. The SMILES string of the molecule is Cc1nn(C(C)(C)C)cc1C(=O)Nc1cccc(-n2cc(C(=O)O)nn2)c1. The average Bonchev–Trinajstić information content (AvgIpc) is 3.21. The lowest BCUT2D eigenvalue weighted by Crippen LogP contribution is -2.22. The van der Waals surface area contributed by atoms with Gasteiger partial charge in [-0.2, -0.15) is 5.10 Å². The van der Waals surface area contributed by atoms with Crippen molar-refractivity contribution in [2.75, 3.05) is 5.32 Å². The van der Waals surface area contributed by atoms with Gasteiger partial charge in [0.1, 0.15) is 0 Å². The summed E-state index contributed by atoms with van der Waals surface area (Å²) in [5.74, 6) is -1.43. The topological polar surface area (TPSA) is 115 Å². The van der Waals surface area contributed by atoms with Gasteiger partial charge in [-0.25, -0.2) is 9.48 Å². The van der Waals surface area contributed by atoms with Gasteiger partial charge in [0.15, 0.2) is 5.69 Å². The van der Waals surface area contributed by atoms with Gasteiger partial charge in [0.25, 0.3) is 5.91 Å². The van der Waals surface area contributed by atoms with Crippen molar-refractivity contribution in [1.29, 1.82) is 0 Å². The van der Waals surface area contributed by atoms with Crippen LogP contribution in [0, 0.1) is 6.92 Å². The third-order valence-electron chi connectivity index (χ3n) is 3.91. The Morgan fingerprint density at radius 1 is 1.19 bits per heavy atom. The van der Waals surface area contributed by atoms with Crippen molar-refractivity contribution in [2.24, 2.45) is 0 Å². The molecule has 2 heterocycles. The van der Waals surface area contributed by atoms with E-state index in [0.29, 0.717) is 22.6 Å². The van der Waals surface area contributed by atoms with E-state index >= 15 is 0 Å². The van der Waals surface area contributed by atoms with Crippen LogP contribution in [0.25, 0.3) is 5.69 Å². The highest BCUT2D eigenvalue weighted by Gasteiger charge is 2.20. The second kappa shape index (κ2) is 6.67. The van der Waals surface area contributed by atoms with Crippen LogP contribution < -0.4 is 5.32 Å². The molecule has 9 nitrogen and oxygen atoms in total. The Kier molecular flexibility index (Phi) is 4.52. The Labute approximate surface area is 155 Å². The van der Waals surface area contributed by atoms with Crippen molar-refractivity contribution in [1.82, 2.24) is 24.8 Å². The highest BCUT2D eigenvalue weighted by atomic mass is 16.4. The fourth-order valence-corrected chi connectivity index (χ4v) is 2.44. The molecule has 1 amide bonds. The van der Waals surface area contributed by atoms with Crippen molar-refractivity contribution >= 4 is 17.6 Å². The number of carboxylic acids is 1. The molecule has 0 bridgehead atoms. The fourth-order valence-electron chi connectivity index (χ4n) is 2.44. The Morgan fingerprint density at radius 2 is 1.93 bits per heavy atom. The summed E-state index contributed by atoms with van der Waals surface area (Å²) in [6.45, 7) is 7.81. The average molecular weight is 368 g/mol. The molecule has 0 fully saturated rings. The molecule has 27 heavy (non-hydrogen) atoms. The van der Waals surface area contributed by atoms with E-state index in [2.05, 4.69) is 20.7 Å². The number of carbonyl (C=O) groups is 2. The molecule has 0 saturated heterocycles. The van der Waals surface area contributed by atoms with Crippen LogP contribution in [0.1, 0.15) is 47.3 Å². The number of hydrogen-bond acceptors (Lipinski definition) is 5. The fraction of sp³-hybridized carbons (Fsp3) is 0.278. The molecule has 0 saturated carbocycles. The van der Waals surface area contributed by atoms with Crippen molar-refractivity contribution in [3.63, 3.8) is 0 Å². The predicted molar refractivity (Wildman–Crippen MR) is 98.2 cm³/mol. The zero-order valence-corrected chi connectivity index (χ0v) is 15.5. The maximum Gasteiger partial charge on any atom is 0.358 e. The van der Waals surface area contributed by atoms with Gasteiger partial charge in [-0.05, 0) is 45.9 Å². The number of carboxylic acid groups (broad SMARTS) is 1. The van der Waals surface area contributed by atoms with Crippen LogP contribution in [0.5, 0.6) is 0 Å². The van der Waals surface area contributed by atoms with Gasteiger partial charge >= 0.3 is 5.97 Å². The van der Waals surface area contributed by atoms with Crippen molar-refractivity contribution in [3.05, 3.63) is 53.6 Å². The largest absolute Gasteiger partial charge is 0.476 e. The lowest BCUT2D eigenvalue weighted by Gasteiger charge is -2.18. The molecule has 2 aromatic heterocycles. The first kappa shape index (κ1) is 18.3. The third kappa shape index (κ3) is 3.86. The molecule has 0 aliphatic carbocycles. The minimum atomic E-state index is -1.16. The Balaban J connectivity index is 1.83. The molecule has 2 N–H and O–H groups in total. The summed E-state index contributed by atoms with van der Waals surface area (Å²) in [4.78, 5) is 23.6. The molecule has 9 heteroatoms. The van der Waals surface area contributed by atoms with E-state index in [-0.39, 0.29) is 17.1 Å². The number of rotatable bonds is 4. The van der Waals surface area contributed by atoms with Gasteiger partial charge in [0.2, 0.25) is 0 Å². The van der Waals surface area contributed by atoms with Crippen LogP contribution in [0.15, 0.2) is 36.7 Å². The number of aryl methyl sites for hydroxylation is 1. The van der Waals surface area contributed by atoms with E-state index in [1.165, 1.54) is 10.9 Å². The zero-order valence-electron chi connectivity index (χ0n) is 15.5. The summed E-state index contributed by atoms with van der Waals surface area (Å²) in [5.41, 5.74) is 1.88. The smallest absolute Gasteiger partial charge is 0.358 e. The molecule has 3 aromatic rings. The summed E-state index contributed by atoms with van der Waals surface area (Å²) in [7, 11) is 0. The first-order chi connectivity index (χ1) is 12.6. The number of benzene rings is 1. The number of aromatic carboxylic acids is 1. The van der Waals surface area contributed by atoms with Gasteiger partial charge in [0, 0.05) is 11.9 Å². The first-order valence-corrected chi connectivity index (χ1v) is 8.29. The molecule has 0 aliphatic heterocycles. The Bertz CT molecular complexity index is 1010. The number of anilines is 1.